The summed E-state index contributed by atoms with van der Waals surface area (Å²) in [4.78, 5) is 18.9. The Hall–Kier alpha value is -2.37. The predicted octanol–water partition coefficient (Wildman–Crippen LogP) is 2.95. The Labute approximate surface area is 154 Å². The van der Waals surface area contributed by atoms with Gasteiger partial charge in [-0.15, -0.1) is 0 Å². The Balaban J connectivity index is 1.79. The largest absolute Gasteiger partial charge is 0.490 e. The summed E-state index contributed by atoms with van der Waals surface area (Å²) >= 11 is 0. The number of guanidine groups is 1. The number of nitrogens with two attached hydrogens (primary N) is 1. The van der Waals surface area contributed by atoms with Crippen molar-refractivity contribution in [3.63, 3.8) is 0 Å². The highest BCUT2D eigenvalue weighted by atomic mass is 16.5. The zero-order valence-corrected chi connectivity index (χ0v) is 15.6. The average molecular weight is 356 g/mol. The van der Waals surface area contributed by atoms with Crippen LogP contribution in [0.25, 0.3) is 0 Å². The second kappa shape index (κ2) is 7.48. The van der Waals surface area contributed by atoms with Gasteiger partial charge in [-0.1, -0.05) is 44.2 Å². The summed E-state index contributed by atoms with van der Waals surface area (Å²) in [6, 6.07) is 7.40. The number of likely N-dealkylation sites (N-methyl/N-ethyl adjacent to an activating group) is 1. The van der Waals surface area contributed by atoms with Crippen LogP contribution < -0.4 is 10.5 Å². The van der Waals surface area contributed by atoms with Crippen LogP contribution in [0.15, 0.2) is 29.3 Å². The number of nitrogens with zero attached hydrogens (tertiary/aromatic N) is 2. The molecular formula is C20H28N4O2. The van der Waals surface area contributed by atoms with Crippen molar-refractivity contribution in [2.45, 2.75) is 51.0 Å². The van der Waals surface area contributed by atoms with Gasteiger partial charge in [0, 0.05) is 12.8 Å². The summed E-state index contributed by atoms with van der Waals surface area (Å²) in [5.74, 6) is 1.31. The standard InChI is InChI=1S/C20H28N4O2/c1-14(21)16-9-6-10-17(11-16)26-13-20(12-15-7-4-3-5-8-15)18(25)24(2)19(22)23-20/h6,9-11,15,21H,3-5,7-8,12-13H2,1-2H3,(H2,22,23). The monoisotopic (exact) mass is 356 g/mol. The molecule has 6 heteroatoms. The molecular weight excluding hydrogens is 328 g/mol. The van der Waals surface area contributed by atoms with E-state index >= 15 is 0 Å². The molecule has 1 aromatic carbocycles. The minimum Gasteiger partial charge on any atom is -0.490 e. The number of hydrogen-bond acceptors (Lipinski definition) is 5. The number of benzene rings is 1. The first-order valence-electron chi connectivity index (χ1n) is 9.33. The third-order valence-electron chi connectivity index (χ3n) is 5.47. The van der Waals surface area contributed by atoms with E-state index in [0.29, 0.717) is 23.8 Å². The Bertz CT molecular complexity index is 724. The van der Waals surface area contributed by atoms with E-state index in [-0.39, 0.29) is 18.5 Å². The molecule has 3 N–H and O–H groups in total. The SMILES string of the molecule is CC(=N)c1cccc(OCC2(CC3CCCCC3)N=C(N)N(C)C2=O)c1. The second-order valence-electron chi connectivity index (χ2n) is 7.52. The van der Waals surface area contributed by atoms with Gasteiger partial charge in [0.15, 0.2) is 11.5 Å². The average Bonchev–Trinajstić information content (AvgIpc) is 2.85. The lowest BCUT2D eigenvalue weighted by molar-refractivity contribution is -0.132. The van der Waals surface area contributed by atoms with Gasteiger partial charge >= 0.3 is 0 Å². The molecule has 1 amide bonds. The lowest BCUT2D eigenvalue weighted by Crippen LogP contribution is -2.47. The van der Waals surface area contributed by atoms with Gasteiger partial charge in [-0.25, -0.2) is 4.99 Å². The predicted molar refractivity (Wildman–Crippen MR) is 103 cm³/mol. The molecule has 1 heterocycles. The van der Waals surface area contributed by atoms with E-state index in [9.17, 15) is 4.79 Å². The topological polar surface area (TPSA) is 91.8 Å². The first-order valence-corrected chi connectivity index (χ1v) is 9.33. The molecule has 1 saturated carbocycles. The minimum atomic E-state index is -0.934. The summed E-state index contributed by atoms with van der Waals surface area (Å²) in [7, 11) is 1.67. The molecule has 0 spiro atoms. The zero-order chi connectivity index (χ0) is 18.7. The zero-order valence-electron chi connectivity index (χ0n) is 15.6. The van der Waals surface area contributed by atoms with Crippen molar-refractivity contribution in [1.82, 2.24) is 4.90 Å². The van der Waals surface area contributed by atoms with Crippen LogP contribution in [0.3, 0.4) is 0 Å². The van der Waals surface area contributed by atoms with E-state index in [4.69, 9.17) is 15.9 Å². The van der Waals surface area contributed by atoms with Gasteiger partial charge in [0.25, 0.3) is 5.91 Å². The summed E-state index contributed by atoms with van der Waals surface area (Å²) < 4.78 is 5.99. The number of hydrogen-bond donors (Lipinski definition) is 2. The number of carbonyl (C=O) groups excluding carboxylic acids is 1. The van der Waals surface area contributed by atoms with Crippen LogP contribution in [0.1, 0.15) is 51.0 Å². The normalized spacial score (nSPS) is 23.8. The van der Waals surface area contributed by atoms with Crippen molar-refractivity contribution in [1.29, 1.82) is 5.41 Å². The number of ether oxygens (including phenoxy) is 1. The smallest absolute Gasteiger partial charge is 0.260 e. The number of rotatable bonds is 6. The maximum absolute atomic E-state index is 12.9. The minimum absolute atomic E-state index is 0.0834. The Morgan fingerprint density at radius 3 is 2.73 bits per heavy atom. The molecule has 1 fully saturated rings. The quantitative estimate of drug-likeness (QED) is 0.768. The molecule has 1 aliphatic heterocycles. The van der Waals surface area contributed by atoms with Gasteiger partial charge in [-0.3, -0.25) is 9.69 Å². The lowest BCUT2D eigenvalue weighted by Gasteiger charge is -2.31. The molecule has 26 heavy (non-hydrogen) atoms. The van der Waals surface area contributed by atoms with Crippen molar-refractivity contribution in [3.05, 3.63) is 29.8 Å². The second-order valence-corrected chi connectivity index (χ2v) is 7.52. The lowest BCUT2D eigenvalue weighted by atomic mass is 9.79. The third-order valence-corrected chi connectivity index (χ3v) is 5.47. The Kier molecular flexibility index (Phi) is 5.30. The third kappa shape index (κ3) is 3.74. The highest BCUT2D eigenvalue weighted by Crippen LogP contribution is 2.36. The Morgan fingerprint density at radius 1 is 1.38 bits per heavy atom. The maximum atomic E-state index is 12.9. The van der Waals surface area contributed by atoms with Gasteiger partial charge in [0.2, 0.25) is 0 Å². The van der Waals surface area contributed by atoms with E-state index in [1.54, 1.807) is 14.0 Å². The molecule has 1 aliphatic carbocycles. The van der Waals surface area contributed by atoms with Crippen molar-refractivity contribution in [2.24, 2.45) is 16.6 Å². The molecule has 0 aromatic heterocycles. The van der Waals surface area contributed by atoms with Crippen LogP contribution in [0.2, 0.25) is 0 Å². The van der Waals surface area contributed by atoms with Gasteiger partial charge in [-0.05, 0) is 37.0 Å². The van der Waals surface area contributed by atoms with Crippen LogP contribution in [-0.2, 0) is 4.79 Å². The van der Waals surface area contributed by atoms with Crippen LogP contribution in [0.4, 0.5) is 0 Å². The summed E-state index contributed by atoms with van der Waals surface area (Å²) in [6.45, 7) is 1.91. The molecule has 3 rings (SSSR count). The molecule has 140 valence electrons. The highest BCUT2D eigenvalue weighted by Gasteiger charge is 2.48. The van der Waals surface area contributed by atoms with Crippen molar-refractivity contribution >= 4 is 17.6 Å². The fourth-order valence-electron chi connectivity index (χ4n) is 3.93. The van der Waals surface area contributed by atoms with Crippen LogP contribution in [0.5, 0.6) is 5.75 Å². The molecule has 1 unspecified atom stereocenters. The summed E-state index contributed by atoms with van der Waals surface area (Å²) in [5, 5.41) is 7.77. The van der Waals surface area contributed by atoms with Gasteiger partial charge in [-0.2, -0.15) is 0 Å². The van der Waals surface area contributed by atoms with E-state index in [1.807, 2.05) is 24.3 Å². The molecule has 0 radical (unpaired) electrons. The highest BCUT2D eigenvalue weighted by molar-refractivity contribution is 6.06. The first kappa shape index (κ1) is 18.4. The summed E-state index contributed by atoms with van der Waals surface area (Å²) in [5.41, 5.74) is 6.30. The van der Waals surface area contributed by atoms with E-state index in [0.717, 1.165) is 18.4 Å². The number of amides is 1. The van der Waals surface area contributed by atoms with Crippen molar-refractivity contribution in [3.8, 4) is 5.75 Å². The van der Waals surface area contributed by atoms with Crippen LogP contribution in [-0.4, -0.2) is 41.7 Å². The van der Waals surface area contributed by atoms with Gasteiger partial charge in [0.05, 0.1) is 0 Å². The van der Waals surface area contributed by atoms with E-state index < -0.39 is 5.54 Å². The molecule has 1 atom stereocenters. The van der Waals surface area contributed by atoms with Gasteiger partial charge in [0.1, 0.15) is 12.4 Å². The number of carbonyl (C=O) groups is 1. The number of aliphatic imine (C=N–C) groups is 1. The molecule has 2 aliphatic rings. The van der Waals surface area contributed by atoms with Crippen molar-refractivity contribution in [2.75, 3.05) is 13.7 Å². The van der Waals surface area contributed by atoms with E-state index in [2.05, 4.69) is 4.99 Å². The molecule has 6 nitrogen and oxygen atoms in total. The van der Waals surface area contributed by atoms with E-state index in [1.165, 1.54) is 24.2 Å². The first-order chi connectivity index (χ1) is 12.4. The van der Waals surface area contributed by atoms with Crippen LogP contribution in [0, 0.1) is 11.3 Å². The maximum Gasteiger partial charge on any atom is 0.260 e. The fraction of sp³-hybridized carbons (Fsp3) is 0.550. The van der Waals surface area contributed by atoms with Crippen molar-refractivity contribution < 1.29 is 9.53 Å². The fourth-order valence-corrected chi connectivity index (χ4v) is 3.93. The van der Waals surface area contributed by atoms with Gasteiger partial charge < -0.3 is 15.9 Å². The molecule has 0 bridgehead atoms. The summed E-state index contributed by atoms with van der Waals surface area (Å²) in [6.07, 6.45) is 6.65. The number of nitrogens with one attached hydrogen (secondary N) is 1. The molecule has 1 aromatic rings. The Morgan fingerprint density at radius 2 is 2.12 bits per heavy atom. The molecule has 0 saturated heterocycles. The van der Waals surface area contributed by atoms with Crippen LogP contribution >= 0.6 is 0 Å².